The van der Waals surface area contributed by atoms with Crippen LogP contribution in [0.5, 0.6) is 0 Å². The van der Waals surface area contributed by atoms with Crippen molar-refractivity contribution >= 4 is 10.0 Å². The van der Waals surface area contributed by atoms with Gasteiger partial charge in [0, 0.05) is 32.3 Å². The van der Waals surface area contributed by atoms with Crippen molar-refractivity contribution in [3.63, 3.8) is 0 Å². The first kappa shape index (κ1) is 21.5. The second-order valence-corrected chi connectivity index (χ2v) is 10.5. The van der Waals surface area contributed by atoms with Crippen LogP contribution >= 0.6 is 0 Å². The molecule has 1 spiro atoms. The van der Waals surface area contributed by atoms with Crippen LogP contribution in [0.4, 0.5) is 0 Å². The average molecular weight is 434 g/mol. The predicted molar refractivity (Wildman–Crippen MR) is 114 cm³/mol. The van der Waals surface area contributed by atoms with Crippen LogP contribution in [-0.2, 0) is 21.3 Å². The second-order valence-electron chi connectivity index (χ2n) is 8.64. The topological polar surface area (TPSA) is 75.9 Å². The lowest BCUT2D eigenvalue weighted by molar-refractivity contribution is -0.125. The van der Waals surface area contributed by atoms with E-state index in [0.29, 0.717) is 43.4 Å². The van der Waals surface area contributed by atoms with Crippen molar-refractivity contribution in [2.24, 2.45) is 0 Å². The number of rotatable bonds is 5. The van der Waals surface area contributed by atoms with E-state index >= 15 is 0 Å². The van der Waals surface area contributed by atoms with Gasteiger partial charge >= 0.3 is 0 Å². The van der Waals surface area contributed by atoms with Gasteiger partial charge in [0.2, 0.25) is 10.0 Å². The van der Waals surface area contributed by atoms with Gasteiger partial charge in [-0.25, -0.2) is 8.42 Å². The maximum Gasteiger partial charge on any atom is 0.248 e. The molecule has 0 aliphatic carbocycles. The lowest BCUT2D eigenvalue weighted by Gasteiger charge is -2.47. The summed E-state index contributed by atoms with van der Waals surface area (Å²) in [7, 11) is -1.42. The number of aromatic nitrogens is 1. The molecule has 3 heterocycles. The van der Waals surface area contributed by atoms with Crippen molar-refractivity contribution in [2.45, 2.75) is 62.6 Å². The Morgan fingerprint density at radius 3 is 2.53 bits per heavy atom. The first-order valence-corrected chi connectivity index (χ1v) is 12.1. The standard InChI is InChI=1S/C22H31N3O4S/c1-17-21(18(2)29-23-17)30(26,27)25-12-10-22(11-13-25)15-20(9-14-28-22)24(3)16-19-7-5-4-6-8-19/h4-8,20H,9-16H2,1-3H3. The van der Waals surface area contributed by atoms with Crippen LogP contribution in [0.15, 0.2) is 39.8 Å². The molecule has 1 atom stereocenters. The van der Waals surface area contributed by atoms with Gasteiger partial charge in [-0.1, -0.05) is 35.5 Å². The molecule has 1 aromatic carbocycles. The number of ether oxygens (including phenoxy) is 1. The number of aryl methyl sites for hydroxylation is 2. The SMILES string of the molecule is Cc1noc(C)c1S(=O)(=O)N1CCC2(CC1)CC(N(C)Cc1ccccc1)CCO2. The van der Waals surface area contributed by atoms with Gasteiger partial charge in [-0.3, -0.25) is 4.90 Å². The van der Waals surface area contributed by atoms with Gasteiger partial charge in [0.25, 0.3) is 0 Å². The van der Waals surface area contributed by atoms with E-state index in [2.05, 4.69) is 41.4 Å². The zero-order valence-corrected chi connectivity index (χ0v) is 18.8. The van der Waals surface area contributed by atoms with Crippen LogP contribution in [0.3, 0.4) is 0 Å². The van der Waals surface area contributed by atoms with E-state index in [1.807, 2.05) is 6.07 Å². The Labute approximate surface area is 179 Å². The Morgan fingerprint density at radius 2 is 1.90 bits per heavy atom. The van der Waals surface area contributed by atoms with Gasteiger partial charge < -0.3 is 9.26 Å². The summed E-state index contributed by atoms with van der Waals surface area (Å²) in [4.78, 5) is 2.62. The number of nitrogens with zero attached hydrogens (tertiary/aromatic N) is 3. The Kier molecular flexibility index (Phi) is 6.03. The van der Waals surface area contributed by atoms with Crippen LogP contribution in [0.25, 0.3) is 0 Å². The van der Waals surface area contributed by atoms with E-state index in [9.17, 15) is 8.42 Å². The maximum atomic E-state index is 13.1. The zero-order chi connectivity index (χ0) is 21.4. The van der Waals surface area contributed by atoms with E-state index in [1.165, 1.54) is 5.56 Å². The Hall–Kier alpha value is -1.74. The first-order chi connectivity index (χ1) is 14.3. The Balaban J connectivity index is 1.41. The van der Waals surface area contributed by atoms with E-state index in [4.69, 9.17) is 9.26 Å². The third-order valence-corrected chi connectivity index (χ3v) is 8.71. The number of benzene rings is 1. The summed E-state index contributed by atoms with van der Waals surface area (Å²) >= 11 is 0. The molecular weight excluding hydrogens is 402 g/mol. The maximum absolute atomic E-state index is 13.1. The van der Waals surface area contributed by atoms with E-state index in [-0.39, 0.29) is 10.5 Å². The molecule has 2 aliphatic heterocycles. The molecule has 7 nitrogen and oxygen atoms in total. The highest BCUT2D eigenvalue weighted by Gasteiger charge is 2.44. The quantitative estimate of drug-likeness (QED) is 0.721. The summed E-state index contributed by atoms with van der Waals surface area (Å²) in [5.74, 6) is 0.351. The molecule has 0 bridgehead atoms. The fourth-order valence-corrected chi connectivity index (χ4v) is 6.57. The summed E-state index contributed by atoms with van der Waals surface area (Å²) in [6.07, 6.45) is 3.37. The van der Waals surface area contributed by atoms with Crippen molar-refractivity contribution in [3.05, 3.63) is 47.3 Å². The molecule has 164 valence electrons. The molecule has 1 unspecified atom stereocenters. The molecular formula is C22H31N3O4S. The molecule has 2 fully saturated rings. The minimum atomic E-state index is -3.59. The average Bonchev–Trinajstić information content (AvgIpc) is 3.08. The number of hydrogen-bond acceptors (Lipinski definition) is 6. The van der Waals surface area contributed by atoms with Gasteiger partial charge in [0.05, 0.1) is 5.60 Å². The second kappa shape index (κ2) is 8.42. The highest BCUT2D eigenvalue weighted by molar-refractivity contribution is 7.89. The third-order valence-electron chi connectivity index (χ3n) is 6.56. The fraction of sp³-hybridized carbons (Fsp3) is 0.591. The monoisotopic (exact) mass is 433 g/mol. The van der Waals surface area contributed by atoms with Crippen molar-refractivity contribution in [3.8, 4) is 0 Å². The van der Waals surface area contributed by atoms with Crippen molar-refractivity contribution < 1.29 is 17.7 Å². The molecule has 4 rings (SSSR count). The molecule has 2 aromatic rings. The summed E-state index contributed by atoms with van der Waals surface area (Å²) in [6.45, 7) is 5.87. The summed E-state index contributed by atoms with van der Waals surface area (Å²) in [6, 6.07) is 10.9. The van der Waals surface area contributed by atoms with E-state index in [0.717, 1.165) is 26.0 Å². The molecule has 1 aromatic heterocycles. The molecule has 0 N–H and O–H groups in total. The van der Waals surface area contributed by atoms with Gasteiger partial charge in [-0.2, -0.15) is 4.31 Å². The summed E-state index contributed by atoms with van der Waals surface area (Å²) in [5.41, 5.74) is 1.49. The van der Waals surface area contributed by atoms with Crippen LogP contribution in [0.2, 0.25) is 0 Å². The minimum absolute atomic E-state index is 0.212. The summed E-state index contributed by atoms with van der Waals surface area (Å²) < 4.78 is 39.1. The first-order valence-electron chi connectivity index (χ1n) is 10.6. The van der Waals surface area contributed by atoms with E-state index in [1.54, 1.807) is 18.2 Å². The largest absolute Gasteiger partial charge is 0.375 e. The Bertz CT molecular complexity index is 946. The molecule has 2 aliphatic rings. The van der Waals surface area contributed by atoms with Crippen molar-refractivity contribution in [2.75, 3.05) is 26.7 Å². The van der Waals surface area contributed by atoms with Crippen LogP contribution in [0, 0.1) is 13.8 Å². The molecule has 0 saturated carbocycles. The van der Waals surface area contributed by atoms with Crippen molar-refractivity contribution in [1.82, 2.24) is 14.4 Å². The fourth-order valence-electron chi connectivity index (χ4n) is 4.83. The molecule has 0 radical (unpaired) electrons. The molecule has 2 saturated heterocycles. The molecule has 30 heavy (non-hydrogen) atoms. The minimum Gasteiger partial charge on any atom is -0.375 e. The van der Waals surface area contributed by atoms with Crippen LogP contribution in [0.1, 0.15) is 42.7 Å². The zero-order valence-electron chi connectivity index (χ0n) is 18.0. The lowest BCUT2D eigenvalue weighted by Crippen LogP contribution is -2.54. The Morgan fingerprint density at radius 1 is 1.20 bits per heavy atom. The highest BCUT2D eigenvalue weighted by Crippen LogP contribution is 2.38. The van der Waals surface area contributed by atoms with Gasteiger partial charge in [0.1, 0.15) is 10.6 Å². The molecule has 8 heteroatoms. The number of hydrogen-bond donors (Lipinski definition) is 0. The summed E-state index contributed by atoms with van der Waals surface area (Å²) in [5, 5.41) is 3.81. The van der Waals surface area contributed by atoms with Crippen LogP contribution < -0.4 is 0 Å². The van der Waals surface area contributed by atoms with Gasteiger partial charge in [0.15, 0.2) is 5.76 Å². The lowest BCUT2D eigenvalue weighted by atomic mass is 9.82. The predicted octanol–water partition coefficient (Wildman–Crippen LogP) is 3.13. The number of sulfonamides is 1. The highest BCUT2D eigenvalue weighted by atomic mass is 32.2. The van der Waals surface area contributed by atoms with Gasteiger partial charge in [-0.05, 0) is 52.1 Å². The van der Waals surface area contributed by atoms with Gasteiger partial charge in [-0.15, -0.1) is 0 Å². The number of piperidine rings is 1. The third kappa shape index (κ3) is 4.19. The van der Waals surface area contributed by atoms with Crippen LogP contribution in [-0.4, -0.2) is 61.2 Å². The van der Waals surface area contributed by atoms with Crippen molar-refractivity contribution in [1.29, 1.82) is 0 Å². The van der Waals surface area contributed by atoms with E-state index < -0.39 is 10.0 Å². The smallest absolute Gasteiger partial charge is 0.248 e. The normalized spacial score (nSPS) is 22.6. The molecule has 0 amide bonds.